The van der Waals surface area contributed by atoms with Crippen LogP contribution in [0.25, 0.3) is 0 Å². The fourth-order valence-electron chi connectivity index (χ4n) is 2.91. The molecule has 1 atom stereocenters. The van der Waals surface area contributed by atoms with Gasteiger partial charge in [0.25, 0.3) is 0 Å². The Labute approximate surface area is 170 Å². The van der Waals surface area contributed by atoms with Crippen molar-refractivity contribution in [3.05, 3.63) is 94.3 Å². The molecular formula is C21H16ClF2NO2S. The van der Waals surface area contributed by atoms with Crippen molar-refractivity contribution < 1.29 is 18.3 Å². The molecule has 7 heteroatoms. The first kappa shape index (κ1) is 19.3. The summed E-state index contributed by atoms with van der Waals surface area (Å²) in [6, 6.07) is 14.3. The molecule has 144 valence electrons. The number of thioether (sulfide) groups is 1. The van der Waals surface area contributed by atoms with Gasteiger partial charge in [-0.2, -0.15) is 0 Å². The van der Waals surface area contributed by atoms with Gasteiger partial charge in [0.15, 0.2) is 6.29 Å². The Morgan fingerprint density at radius 1 is 1.00 bits per heavy atom. The van der Waals surface area contributed by atoms with Gasteiger partial charge >= 0.3 is 0 Å². The molecule has 2 aromatic carbocycles. The average Bonchev–Trinajstić information content (AvgIpc) is 3.25. The van der Waals surface area contributed by atoms with Crippen molar-refractivity contribution in [2.75, 3.05) is 13.2 Å². The first-order valence-electron chi connectivity index (χ1n) is 8.66. The summed E-state index contributed by atoms with van der Waals surface area (Å²) in [5.41, 5.74) is 1.62. The van der Waals surface area contributed by atoms with Crippen LogP contribution in [0.15, 0.2) is 65.7 Å². The Balaban J connectivity index is 1.69. The van der Waals surface area contributed by atoms with Crippen LogP contribution in [0.1, 0.15) is 28.4 Å². The predicted molar refractivity (Wildman–Crippen MR) is 104 cm³/mol. The zero-order valence-electron chi connectivity index (χ0n) is 14.6. The fraction of sp³-hybridized carbons (Fsp3) is 0.190. The van der Waals surface area contributed by atoms with E-state index in [1.807, 2.05) is 18.2 Å². The first-order valence-corrected chi connectivity index (χ1v) is 9.92. The molecule has 2 heterocycles. The van der Waals surface area contributed by atoms with Gasteiger partial charge in [-0.25, -0.2) is 8.78 Å². The van der Waals surface area contributed by atoms with E-state index in [1.54, 1.807) is 24.4 Å². The van der Waals surface area contributed by atoms with E-state index in [0.717, 1.165) is 22.6 Å². The predicted octanol–water partition coefficient (Wildman–Crippen LogP) is 5.94. The maximum Gasteiger partial charge on any atom is 0.185 e. The van der Waals surface area contributed by atoms with E-state index in [9.17, 15) is 8.78 Å². The summed E-state index contributed by atoms with van der Waals surface area (Å²) >= 11 is 7.33. The molecule has 1 saturated heterocycles. The van der Waals surface area contributed by atoms with Crippen molar-refractivity contribution in [1.82, 2.24) is 4.98 Å². The van der Waals surface area contributed by atoms with Gasteiger partial charge in [-0.1, -0.05) is 17.7 Å². The second-order valence-electron chi connectivity index (χ2n) is 6.21. The molecule has 0 aliphatic carbocycles. The van der Waals surface area contributed by atoms with Crippen molar-refractivity contribution in [2.45, 2.75) is 16.4 Å². The Kier molecular flexibility index (Phi) is 5.92. The van der Waals surface area contributed by atoms with Gasteiger partial charge < -0.3 is 9.47 Å². The average molecular weight is 420 g/mol. The van der Waals surface area contributed by atoms with Crippen LogP contribution in [0.2, 0.25) is 5.02 Å². The molecule has 1 fully saturated rings. The molecular weight excluding hydrogens is 404 g/mol. The number of pyridine rings is 1. The van der Waals surface area contributed by atoms with Crippen LogP contribution in [-0.4, -0.2) is 18.2 Å². The van der Waals surface area contributed by atoms with Crippen molar-refractivity contribution >= 4 is 23.4 Å². The smallest absolute Gasteiger partial charge is 0.185 e. The normalized spacial score (nSPS) is 15.7. The molecule has 0 radical (unpaired) electrons. The highest BCUT2D eigenvalue weighted by Gasteiger charge is 2.23. The van der Waals surface area contributed by atoms with E-state index in [1.165, 1.54) is 17.8 Å². The standard InChI is InChI=1S/C21H16ClF2NO2S/c22-14-2-5-16(6-3-14)28-20(17-11-15(23)4-7-18(17)24)19-8-1-13(12-25-19)21-26-9-10-27-21/h1-8,11-12,20-21H,9-10H2. The van der Waals surface area contributed by atoms with Crippen LogP contribution < -0.4 is 0 Å². The van der Waals surface area contributed by atoms with E-state index >= 15 is 0 Å². The summed E-state index contributed by atoms with van der Waals surface area (Å²) in [5, 5.41) is 0.0771. The summed E-state index contributed by atoms with van der Waals surface area (Å²) in [5.74, 6) is -0.983. The lowest BCUT2D eigenvalue weighted by Crippen LogP contribution is -2.05. The largest absolute Gasteiger partial charge is 0.346 e. The lowest BCUT2D eigenvalue weighted by Gasteiger charge is -2.18. The highest BCUT2D eigenvalue weighted by Crippen LogP contribution is 2.41. The summed E-state index contributed by atoms with van der Waals surface area (Å²) in [6.45, 7) is 1.08. The molecule has 0 bridgehead atoms. The molecule has 3 nitrogen and oxygen atoms in total. The van der Waals surface area contributed by atoms with Crippen LogP contribution in [0.5, 0.6) is 0 Å². The Bertz CT molecular complexity index is 948. The van der Waals surface area contributed by atoms with Crippen LogP contribution in [-0.2, 0) is 9.47 Å². The molecule has 0 N–H and O–H groups in total. The quantitative estimate of drug-likeness (QED) is 0.479. The van der Waals surface area contributed by atoms with Gasteiger partial charge in [0.2, 0.25) is 0 Å². The van der Waals surface area contributed by atoms with Crippen molar-refractivity contribution in [1.29, 1.82) is 0 Å². The zero-order chi connectivity index (χ0) is 19.5. The Morgan fingerprint density at radius 2 is 1.75 bits per heavy atom. The number of benzene rings is 2. The lowest BCUT2D eigenvalue weighted by atomic mass is 10.1. The molecule has 0 spiro atoms. The molecule has 1 aliphatic rings. The summed E-state index contributed by atoms with van der Waals surface area (Å²) in [7, 11) is 0. The third-order valence-corrected chi connectivity index (χ3v) is 5.81. The maximum atomic E-state index is 14.5. The third-order valence-electron chi connectivity index (χ3n) is 4.28. The number of halogens is 3. The molecule has 3 aromatic rings. The highest BCUT2D eigenvalue weighted by molar-refractivity contribution is 7.99. The highest BCUT2D eigenvalue weighted by atomic mass is 35.5. The van der Waals surface area contributed by atoms with Gasteiger partial charge in [-0.15, -0.1) is 11.8 Å². The Hall–Kier alpha value is -1.99. The Morgan fingerprint density at radius 3 is 2.43 bits per heavy atom. The second kappa shape index (κ2) is 8.57. The summed E-state index contributed by atoms with van der Waals surface area (Å²) < 4.78 is 39.3. The maximum absolute atomic E-state index is 14.5. The molecule has 0 amide bonds. The molecule has 1 unspecified atom stereocenters. The van der Waals surface area contributed by atoms with Crippen molar-refractivity contribution in [3.8, 4) is 0 Å². The van der Waals surface area contributed by atoms with E-state index < -0.39 is 23.2 Å². The number of aromatic nitrogens is 1. The monoisotopic (exact) mass is 419 g/mol. The van der Waals surface area contributed by atoms with Crippen LogP contribution in [0.4, 0.5) is 8.78 Å². The van der Waals surface area contributed by atoms with Gasteiger partial charge in [0.1, 0.15) is 11.6 Å². The minimum atomic E-state index is -0.531. The van der Waals surface area contributed by atoms with Crippen LogP contribution in [0, 0.1) is 11.6 Å². The summed E-state index contributed by atoms with van der Waals surface area (Å²) in [4.78, 5) is 5.36. The van der Waals surface area contributed by atoms with E-state index in [-0.39, 0.29) is 5.56 Å². The minimum Gasteiger partial charge on any atom is -0.346 e. The number of hydrogen-bond acceptors (Lipinski definition) is 4. The number of rotatable bonds is 5. The fourth-order valence-corrected chi connectivity index (χ4v) is 4.17. The van der Waals surface area contributed by atoms with Gasteiger partial charge in [-0.05, 0) is 48.5 Å². The van der Waals surface area contributed by atoms with Gasteiger partial charge in [0.05, 0.1) is 24.2 Å². The van der Waals surface area contributed by atoms with E-state index in [0.29, 0.717) is 23.9 Å². The molecule has 0 saturated carbocycles. The molecule has 1 aromatic heterocycles. The zero-order valence-corrected chi connectivity index (χ0v) is 16.2. The van der Waals surface area contributed by atoms with Crippen molar-refractivity contribution in [3.63, 3.8) is 0 Å². The van der Waals surface area contributed by atoms with Crippen LogP contribution in [0.3, 0.4) is 0 Å². The third kappa shape index (κ3) is 4.36. The van der Waals surface area contributed by atoms with E-state index in [2.05, 4.69) is 4.98 Å². The minimum absolute atomic E-state index is 0.230. The number of hydrogen-bond donors (Lipinski definition) is 0. The number of nitrogens with zero attached hydrogens (tertiary/aromatic N) is 1. The lowest BCUT2D eigenvalue weighted by molar-refractivity contribution is -0.0443. The topological polar surface area (TPSA) is 31.4 Å². The second-order valence-corrected chi connectivity index (χ2v) is 7.82. The number of ether oxygens (including phenoxy) is 2. The summed E-state index contributed by atoms with van der Waals surface area (Å²) in [6.07, 6.45) is 1.22. The molecule has 28 heavy (non-hydrogen) atoms. The van der Waals surface area contributed by atoms with Gasteiger partial charge in [-0.3, -0.25) is 4.98 Å². The van der Waals surface area contributed by atoms with E-state index in [4.69, 9.17) is 21.1 Å². The van der Waals surface area contributed by atoms with Gasteiger partial charge in [0, 0.05) is 27.2 Å². The SMILES string of the molecule is Fc1ccc(F)c(C(Sc2ccc(Cl)cc2)c2ccc(C3OCCO3)cn2)c1. The molecule has 1 aliphatic heterocycles. The van der Waals surface area contributed by atoms with Crippen molar-refractivity contribution in [2.24, 2.45) is 0 Å². The first-order chi connectivity index (χ1) is 13.6. The van der Waals surface area contributed by atoms with Crippen LogP contribution >= 0.6 is 23.4 Å². The molecule has 4 rings (SSSR count).